The van der Waals surface area contributed by atoms with Crippen LogP contribution in [0.15, 0.2) is 39.9 Å². The number of nitrogens with zero attached hydrogens (tertiary/aromatic N) is 4. The summed E-state index contributed by atoms with van der Waals surface area (Å²) in [6, 6.07) is 7.24. The Labute approximate surface area is 149 Å². The first-order chi connectivity index (χ1) is 11.5. The molecule has 0 fully saturated rings. The number of benzene rings is 1. The van der Waals surface area contributed by atoms with Gasteiger partial charge in [-0.15, -0.1) is 0 Å². The number of thiazole rings is 1. The zero-order valence-corrected chi connectivity index (χ0v) is 15.3. The molecule has 0 aliphatic heterocycles. The van der Waals surface area contributed by atoms with Crippen molar-refractivity contribution in [3.05, 3.63) is 45.4 Å². The van der Waals surface area contributed by atoms with Gasteiger partial charge in [-0.3, -0.25) is 14.3 Å². The van der Waals surface area contributed by atoms with E-state index >= 15 is 0 Å². The fourth-order valence-corrected chi connectivity index (χ4v) is 3.73. The minimum atomic E-state index is -0.458. The van der Waals surface area contributed by atoms with Crippen molar-refractivity contribution in [1.82, 2.24) is 14.3 Å². The number of hydrogen-bond acceptors (Lipinski definition) is 5. The second-order valence-corrected chi connectivity index (χ2v) is 6.88. The topological polar surface area (TPSA) is 78.5 Å². The van der Waals surface area contributed by atoms with E-state index in [2.05, 4.69) is 26.0 Å². The van der Waals surface area contributed by atoms with Gasteiger partial charge in [-0.05, 0) is 24.3 Å². The second-order valence-electron chi connectivity index (χ2n) is 4.95. The Morgan fingerprint density at radius 2 is 2.17 bits per heavy atom. The fraction of sp³-hybridized carbons (Fsp3) is 0.200. The summed E-state index contributed by atoms with van der Waals surface area (Å²) in [7, 11) is 3.05. The maximum atomic E-state index is 12.3. The largest absolute Gasteiger partial charge is 0.468 e. The molecule has 3 rings (SSSR count). The van der Waals surface area contributed by atoms with Crippen molar-refractivity contribution in [3.8, 4) is 0 Å². The average Bonchev–Trinajstić information content (AvgIpc) is 3.11. The first kappa shape index (κ1) is 16.6. The molecule has 124 valence electrons. The number of carbonyl (C=O) groups is 2. The Morgan fingerprint density at radius 3 is 2.83 bits per heavy atom. The van der Waals surface area contributed by atoms with E-state index in [1.807, 2.05) is 18.2 Å². The van der Waals surface area contributed by atoms with Crippen LogP contribution in [-0.4, -0.2) is 33.3 Å². The molecule has 2 aromatic heterocycles. The van der Waals surface area contributed by atoms with E-state index in [1.165, 1.54) is 23.1 Å². The monoisotopic (exact) mass is 408 g/mol. The highest BCUT2D eigenvalue weighted by molar-refractivity contribution is 9.10. The van der Waals surface area contributed by atoms with Crippen molar-refractivity contribution in [2.75, 3.05) is 7.11 Å². The summed E-state index contributed by atoms with van der Waals surface area (Å²) in [6.07, 6.45) is 1.67. The number of aromatic nitrogens is 3. The van der Waals surface area contributed by atoms with E-state index in [4.69, 9.17) is 4.74 Å². The van der Waals surface area contributed by atoms with E-state index in [0.29, 0.717) is 4.80 Å². The summed E-state index contributed by atoms with van der Waals surface area (Å²) in [4.78, 5) is 28.6. The van der Waals surface area contributed by atoms with Gasteiger partial charge in [0.1, 0.15) is 6.54 Å². The van der Waals surface area contributed by atoms with Crippen LogP contribution >= 0.6 is 27.3 Å². The fourth-order valence-electron chi connectivity index (χ4n) is 2.15. The van der Waals surface area contributed by atoms with Gasteiger partial charge in [0.15, 0.2) is 10.5 Å². The van der Waals surface area contributed by atoms with Gasteiger partial charge in [0.25, 0.3) is 5.91 Å². The molecule has 24 heavy (non-hydrogen) atoms. The molecular weight excluding hydrogens is 396 g/mol. The van der Waals surface area contributed by atoms with Crippen LogP contribution in [0.3, 0.4) is 0 Å². The van der Waals surface area contributed by atoms with Crippen LogP contribution in [0.1, 0.15) is 10.5 Å². The molecule has 7 nitrogen and oxygen atoms in total. The van der Waals surface area contributed by atoms with Crippen LogP contribution in [0.4, 0.5) is 0 Å². The van der Waals surface area contributed by atoms with E-state index in [-0.39, 0.29) is 12.2 Å². The molecule has 1 aromatic carbocycles. The van der Waals surface area contributed by atoms with Gasteiger partial charge in [-0.1, -0.05) is 27.3 Å². The van der Waals surface area contributed by atoms with E-state index in [1.54, 1.807) is 23.9 Å². The van der Waals surface area contributed by atoms with E-state index in [9.17, 15) is 9.59 Å². The first-order valence-electron chi connectivity index (χ1n) is 6.92. The highest BCUT2D eigenvalue weighted by Gasteiger charge is 2.13. The Bertz CT molecular complexity index is 1000. The van der Waals surface area contributed by atoms with E-state index in [0.717, 1.165) is 14.7 Å². The summed E-state index contributed by atoms with van der Waals surface area (Å²) in [5.41, 5.74) is 1.06. The average molecular weight is 409 g/mol. The lowest BCUT2D eigenvalue weighted by Crippen LogP contribution is -2.22. The molecule has 0 saturated carbocycles. The molecule has 0 saturated heterocycles. The van der Waals surface area contributed by atoms with Gasteiger partial charge in [0.2, 0.25) is 0 Å². The van der Waals surface area contributed by atoms with Gasteiger partial charge in [-0.25, -0.2) is 0 Å². The molecule has 0 bridgehead atoms. The number of methoxy groups -OCH3 is 1. The third-order valence-corrected chi connectivity index (χ3v) is 4.82. The predicted octanol–water partition coefficient (Wildman–Crippen LogP) is 2.11. The summed E-state index contributed by atoms with van der Waals surface area (Å²) in [5, 5.41) is 4.05. The maximum absolute atomic E-state index is 12.3. The lowest BCUT2D eigenvalue weighted by atomic mass is 10.3. The molecule has 0 N–H and O–H groups in total. The van der Waals surface area contributed by atoms with Gasteiger partial charge in [0, 0.05) is 17.7 Å². The highest BCUT2D eigenvalue weighted by Crippen LogP contribution is 2.22. The summed E-state index contributed by atoms with van der Waals surface area (Å²) >= 11 is 4.74. The first-order valence-corrected chi connectivity index (χ1v) is 8.53. The standard InChI is InChI=1S/C15H13BrN4O3S/c1-19-6-5-10(18-19)14(22)17-15-20(8-13(21)23-2)11-4-3-9(16)7-12(11)24-15/h3-7H,8H2,1-2H3. The minimum Gasteiger partial charge on any atom is -0.468 e. The quantitative estimate of drug-likeness (QED) is 0.621. The lowest BCUT2D eigenvalue weighted by Gasteiger charge is -2.03. The van der Waals surface area contributed by atoms with Crippen LogP contribution in [0.2, 0.25) is 0 Å². The normalized spacial score (nSPS) is 11.9. The van der Waals surface area contributed by atoms with Crippen LogP contribution in [-0.2, 0) is 23.1 Å². The number of amides is 1. The Hall–Kier alpha value is -2.26. The van der Waals surface area contributed by atoms with Crippen LogP contribution in [0, 0.1) is 0 Å². The third-order valence-electron chi connectivity index (χ3n) is 3.29. The molecule has 9 heteroatoms. The highest BCUT2D eigenvalue weighted by atomic mass is 79.9. The molecule has 0 spiro atoms. The van der Waals surface area contributed by atoms with Crippen LogP contribution in [0.5, 0.6) is 0 Å². The number of ether oxygens (including phenoxy) is 1. The molecule has 2 heterocycles. The minimum absolute atomic E-state index is 0.0214. The third kappa shape index (κ3) is 3.31. The zero-order chi connectivity index (χ0) is 17.3. The van der Waals surface area contributed by atoms with Gasteiger partial charge >= 0.3 is 5.97 Å². The zero-order valence-electron chi connectivity index (χ0n) is 12.9. The van der Waals surface area contributed by atoms with Gasteiger partial charge in [-0.2, -0.15) is 10.1 Å². The number of carbonyl (C=O) groups excluding carboxylic acids is 2. The maximum Gasteiger partial charge on any atom is 0.325 e. The Balaban J connectivity index is 2.14. The van der Waals surface area contributed by atoms with Crippen molar-refractivity contribution in [1.29, 1.82) is 0 Å². The SMILES string of the molecule is COC(=O)Cn1c(=NC(=O)c2ccn(C)n2)sc2cc(Br)ccc21. The van der Waals surface area contributed by atoms with Crippen molar-refractivity contribution < 1.29 is 14.3 Å². The molecule has 1 amide bonds. The van der Waals surface area contributed by atoms with Crippen molar-refractivity contribution in [2.45, 2.75) is 6.54 Å². The van der Waals surface area contributed by atoms with Gasteiger partial charge < -0.3 is 9.30 Å². The second kappa shape index (κ2) is 6.70. The molecule has 0 atom stereocenters. The van der Waals surface area contributed by atoms with Gasteiger partial charge in [0.05, 0.1) is 17.3 Å². The summed E-state index contributed by atoms with van der Waals surface area (Å²) in [6.45, 7) is -0.0214. The van der Waals surface area contributed by atoms with Crippen molar-refractivity contribution in [2.24, 2.45) is 12.0 Å². The summed E-state index contributed by atoms with van der Waals surface area (Å²) in [5.74, 6) is -0.871. The molecule has 3 aromatic rings. The van der Waals surface area contributed by atoms with Crippen LogP contribution < -0.4 is 4.80 Å². The molecule has 0 aliphatic rings. The molecule has 0 radical (unpaired) electrons. The van der Waals surface area contributed by atoms with E-state index < -0.39 is 11.9 Å². The number of esters is 1. The summed E-state index contributed by atoms with van der Waals surface area (Å²) < 4.78 is 9.75. The predicted molar refractivity (Wildman–Crippen MR) is 92.6 cm³/mol. The van der Waals surface area contributed by atoms with Crippen LogP contribution in [0.25, 0.3) is 10.2 Å². The number of fused-ring (bicyclic) bond motifs is 1. The smallest absolute Gasteiger partial charge is 0.325 e. The Morgan fingerprint density at radius 1 is 1.38 bits per heavy atom. The number of rotatable bonds is 3. The van der Waals surface area contributed by atoms with Crippen molar-refractivity contribution >= 4 is 49.4 Å². The van der Waals surface area contributed by atoms with Crippen molar-refractivity contribution in [3.63, 3.8) is 0 Å². The molecular formula is C15H13BrN4O3S. The molecule has 0 unspecified atom stereocenters. The Kier molecular flexibility index (Phi) is 4.63. The number of hydrogen-bond donors (Lipinski definition) is 0. The molecule has 0 aliphatic carbocycles. The number of aryl methyl sites for hydroxylation is 1. The number of halogens is 1. The lowest BCUT2D eigenvalue weighted by molar-refractivity contribution is -0.141.